The summed E-state index contributed by atoms with van der Waals surface area (Å²) in [5.74, 6) is -0.730. The van der Waals surface area contributed by atoms with E-state index >= 15 is 0 Å². The van der Waals surface area contributed by atoms with Crippen LogP contribution in [-0.4, -0.2) is 34.0 Å². The predicted molar refractivity (Wildman–Crippen MR) is 98.0 cm³/mol. The Hall–Kier alpha value is -1.80. The summed E-state index contributed by atoms with van der Waals surface area (Å²) in [5, 5.41) is 9.38. The Balaban J connectivity index is 1.85. The van der Waals surface area contributed by atoms with E-state index < -0.39 is 28.8 Å². The minimum atomic E-state index is -4.67. The highest BCUT2D eigenvalue weighted by molar-refractivity contribution is 6.31. The zero-order chi connectivity index (χ0) is 20.9. The molecular weight excluding hydrogens is 397 g/mol. The zero-order valence-electron chi connectivity index (χ0n) is 15.8. The van der Waals surface area contributed by atoms with Gasteiger partial charge in [0, 0.05) is 18.5 Å². The second-order valence-corrected chi connectivity index (χ2v) is 8.86. The molecule has 2 aromatic heterocycles. The van der Waals surface area contributed by atoms with Crippen LogP contribution in [0.25, 0.3) is 11.1 Å². The Labute approximate surface area is 165 Å². The number of halogens is 4. The minimum Gasteiger partial charge on any atom is -0.481 e. The van der Waals surface area contributed by atoms with E-state index in [0.717, 1.165) is 0 Å². The maximum absolute atomic E-state index is 13.0. The van der Waals surface area contributed by atoms with Crippen molar-refractivity contribution in [1.82, 2.24) is 9.88 Å². The molecule has 1 fully saturated rings. The van der Waals surface area contributed by atoms with Gasteiger partial charge < -0.3 is 9.52 Å². The Kier molecular flexibility index (Phi) is 5.40. The molecule has 3 heterocycles. The van der Waals surface area contributed by atoms with Gasteiger partial charge in [-0.05, 0) is 29.9 Å². The molecule has 0 spiro atoms. The number of likely N-dealkylation sites (tertiary alicyclic amines) is 1. The van der Waals surface area contributed by atoms with Gasteiger partial charge in [-0.25, -0.2) is 4.98 Å². The van der Waals surface area contributed by atoms with Gasteiger partial charge >= 0.3 is 12.1 Å². The number of alkyl halides is 3. The van der Waals surface area contributed by atoms with E-state index in [1.165, 1.54) is 6.07 Å². The van der Waals surface area contributed by atoms with Gasteiger partial charge in [0.2, 0.25) is 5.71 Å². The average Bonchev–Trinajstić information content (AvgIpc) is 2.92. The number of aromatic nitrogens is 1. The largest absolute Gasteiger partial charge is 0.481 e. The van der Waals surface area contributed by atoms with Gasteiger partial charge in [-0.1, -0.05) is 32.4 Å². The van der Waals surface area contributed by atoms with Gasteiger partial charge in [0.25, 0.3) is 0 Å². The lowest BCUT2D eigenvalue weighted by atomic mass is 9.73. The van der Waals surface area contributed by atoms with E-state index in [1.807, 2.05) is 4.90 Å². The first-order valence-electron chi connectivity index (χ1n) is 8.96. The summed E-state index contributed by atoms with van der Waals surface area (Å²) >= 11 is 5.71. The van der Waals surface area contributed by atoms with Gasteiger partial charge in [0.1, 0.15) is 5.76 Å². The number of fused-ring (bicyclic) bond motifs is 1. The van der Waals surface area contributed by atoms with Crippen LogP contribution in [0.15, 0.2) is 16.5 Å². The molecule has 0 bridgehead atoms. The number of rotatable bonds is 3. The second-order valence-electron chi connectivity index (χ2n) is 8.45. The van der Waals surface area contributed by atoms with Gasteiger partial charge in [-0.15, -0.1) is 0 Å². The predicted octanol–water partition coefficient (Wildman–Crippen LogP) is 5.07. The summed E-state index contributed by atoms with van der Waals surface area (Å²) in [5.41, 5.74) is -1.37. The van der Waals surface area contributed by atoms with Crippen molar-refractivity contribution in [3.05, 3.63) is 28.6 Å². The number of nitrogens with zero attached hydrogens (tertiary/aromatic N) is 2. The van der Waals surface area contributed by atoms with E-state index in [0.29, 0.717) is 37.2 Å². The lowest BCUT2D eigenvalue weighted by Crippen LogP contribution is -2.46. The summed E-state index contributed by atoms with van der Waals surface area (Å²) in [4.78, 5) is 17.0. The summed E-state index contributed by atoms with van der Waals surface area (Å²) < 4.78 is 44.5. The van der Waals surface area contributed by atoms with E-state index in [4.69, 9.17) is 16.0 Å². The van der Waals surface area contributed by atoms with Crippen molar-refractivity contribution in [2.75, 3.05) is 13.1 Å². The van der Waals surface area contributed by atoms with Crippen LogP contribution in [0.3, 0.4) is 0 Å². The standard InChI is InChI=1S/C19H22ClF3N2O3/c1-18(2,3)12-4-11(17(26)27)7-25(8-12)9-13-5-10-6-14(20)15(19(21,22)23)24-16(10)28-13/h5-6,11-12H,4,7-9H2,1-3H3,(H,26,27)/t11-,12-/m1/s1. The first kappa shape index (κ1) is 20.9. The fraction of sp³-hybridized carbons (Fsp3) is 0.579. The maximum atomic E-state index is 13.0. The molecule has 2 atom stereocenters. The number of aliphatic carboxylic acids is 1. The van der Waals surface area contributed by atoms with E-state index in [9.17, 15) is 23.1 Å². The highest BCUT2D eigenvalue weighted by atomic mass is 35.5. The lowest BCUT2D eigenvalue weighted by molar-refractivity contribution is -0.145. The summed E-state index contributed by atoms with van der Waals surface area (Å²) in [6.07, 6.45) is -4.07. The maximum Gasteiger partial charge on any atom is 0.434 e. The molecule has 5 nitrogen and oxygen atoms in total. The van der Waals surface area contributed by atoms with Crippen molar-refractivity contribution >= 4 is 28.7 Å². The van der Waals surface area contributed by atoms with E-state index in [1.54, 1.807) is 6.07 Å². The number of carboxylic acid groups (broad SMARTS) is 1. The van der Waals surface area contributed by atoms with Gasteiger partial charge in [-0.3, -0.25) is 9.69 Å². The fourth-order valence-electron chi connectivity index (χ4n) is 3.62. The lowest BCUT2D eigenvalue weighted by Gasteiger charge is -2.41. The quantitative estimate of drug-likeness (QED) is 0.753. The van der Waals surface area contributed by atoms with Crippen LogP contribution in [0.1, 0.15) is 38.6 Å². The van der Waals surface area contributed by atoms with Crippen LogP contribution in [0, 0.1) is 17.3 Å². The van der Waals surface area contributed by atoms with Gasteiger partial charge in [0.05, 0.1) is 17.5 Å². The second kappa shape index (κ2) is 7.22. The fourth-order valence-corrected chi connectivity index (χ4v) is 3.89. The summed E-state index contributed by atoms with van der Waals surface area (Å²) in [6, 6.07) is 2.79. The van der Waals surface area contributed by atoms with Crippen molar-refractivity contribution in [1.29, 1.82) is 0 Å². The molecule has 0 aliphatic carbocycles. The highest BCUT2D eigenvalue weighted by Gasteiger charge is 2.38. The van der Waals surface area contributed by atoms with E-state index in [2.05, 4.69) is 25.8 Å². The monoisotopic (exact) mass is 418 g/mol. The zero-order valence-corrected chi connectivity index (χ0v) is 16.6. The summed E-state index contributed by atoms with van der Waals surface area (Å²) in [6.45, 7) is 7.57. The van der Waals surface area contributed by atoms with Crippen molar-refractivity contribution < 1.29 is 27.5 Å². The molecule has 1 N–H and O–H groups in total. The third-order valence-electron chi connectivity index (χ3n) is 5.26. The Morgan fingerprint density at radius 3 is 2.57 bits per heavy atom. The van der Waals surface area contributed by atoms with Crippen molar-refractivity contribution in [2.45, 2.75) is 39.9 Å². The molecule has 2 aromatic rings. The Morgan fingerprint density at radius 2 is 2.00 bits per heavy atom. The molecule has 0 saturated carbocycles. The smallest absolute Gasteiger partial charge is 0.434 e. The number of pyridine rings is 1. The van der Waals surface area contributed by atoms with Crippen LogP contribution >= 0.6 is 11.6 Å². The first-order chi connectivity index (χ1) is 12.8. The van der Waals surface area contributed by atoms with Crippen LogP contribution in [0.2, 0.25) is 5.02 Å². The SMILES string of the molecule is CC(C)(C)[C@@H]1C[C@@H](C(=O)O)CN(Cc2cc3cc(Cl)c(C(F)(F)F)nc3o2)C1. The number of carbonyl (C=O) groups is 1. The van der Waals surface area contributed by atoms with Crippen LogP contribution < -0.4 is 0 Å². The van der Waals surface area contributed by atoms with Gasteiger partial charge in [-0.2, -0.15) is 13.2 Å². The molecule has 0 amide bonds. The van der Waals surface area contributed by atoms with E-state index in [-0.39, 0.29) is 17.0 Å². The molecule has 9 heteroatoms. The first-order valence-corrected chi connectivity index (χ1v) is 9.33. The molecule has 3 rings (SSSR count). The number of hydrogen-bond acceptors (Lipinski definition) is 4. The molecule has 1 aliphatic heterocycles. The molecule has 0 unspecified atom stereocenters. The molecule has 28 heavy (non-hydrogen) atoms. The Morgan fingerprint density at radius 1 is 1.32 bits per heavy atom. The topological polar surface area (TPSA) is 66.6 Å². The van der Waals surface area contributed by atoms with Gasteiger partial charge in [0.15, 0.2) is 5.69 Å². The van der Waals surface area contributed by atoms with Crippen LogP contribution in [0.4, 0.5) is 13.2 Å². The van der Waals surface area contributed by atoms with Crippen molar-refractivity contribution in [3.8, 4) is 0 Å². The molecular formula is C19H22ClF3N2O3. The third kappa shape index (κ3) is 4.43. The Bertz CT molecular complexity index is 889. The highest BCUT2D eigenvalue weighted by Crippen LogP contribution is 2.38. The van der Waals surface area contributed by atoms with Crippen LogP contribution in [-0.2, 0) is 17.5 Å². The van der Waals surface area contributed by atoms with Crippen molar-refractivity contribution in [3.63, 3.8) is 0 Å². The number of furan rings is 1. The molecule has 0 aromatic carbocycles. The normalized spacial score (nSPS) is 22.0. The molecule has 1 saturated heterocycles. The minimum absolute atomic E-state index is 0.0586. The van der Waals surface area contributed by atoms with Crippen LogP contribution in [0.5, 0.6) is 0 Å². The molecule has 0 radical (unpaired) electrons. The molecule has 1 aliphatic rings. The average molecular weight is 419 g/mol. The molecule has 154 valence electrons. The number of hydrogen-bond donors (Lipinski definition) is 1. The summed E-state index contributed by atoms with van der Waals surface area (Å²) in [7, 11) is 0. The van der Waals surface area contributed by atoms with Crippen molar-refractivity contribution in [2.24, 2.45) is 17.3 Å². The number of carboxylic acids is 1. The number of piperidine rings is 1. The third-order valence-corrected chi connectivity index (χ3v) is 5.55.